The van der Waals surface area contributed by atoms with Crippen molar-refractivity contribution in [1.82, 2.24) is 4.90 Å². The molecule has 88 valence electrons. The second-order valence-corrected chi connectivity index (χ2v) is 5.22. The van der Waals surface area contributed by atoms with Gasteiger partial charge < -0.3 is 5.73 Å². The molecule has 2 N–H and O–H groups in total. The molecule has 4 heteroatoms. The van der Waals surface area contributed by atoms with Crippen LogP contribution in [0.5, 0.6) is 0 Å². The lowest BCUT2D eigenvalue weighted by molar-refractivity contribution is 0.201. The van der Waals surface area contributed by atoms with Crippen molar-refractivity contribution >= 4 is 23.2 Å². The Morgan fingerprint density at radius 2 is 2.19 bits per heavy atom. The Labute approximate surface area is 106 Å². The molecule has 0 aliphatic carbocycles. The van der Waals surface area contributed by atoms with E-state index in [0.29, 0.717) is 11.1 Å². The maximum Gasteiger partial charge on any atom is 0.0465 e. The van der Waals surface area contributed by atoms with Crippen LogP contribution >= 0.6 is 23.2 Å². The Balaban J connectivity index is 2.02. The number of piperidine rings is 1. The highest BCUT2D eigenvalue weighted by atomic mass is 35.5. The van der Waals surface area contributed by atoms with Crippen LogP contribution in [0.3, 0.4) is 0 Å². The largest absolute Gasteiger partial charge is 0.327 e. The van der Waals surface area contributed by atoms with Gasteiger partial charge in [0, 0.05) is 29.2 Å². The van der Waals surface area contributed by atoms with Crippen LogP contribution in [-0.2, 0) is 6.54 Å². The fourth-order valence-corrected chi connectivity index (χ4v) is 2.59. The van der Waals surface area contributed by atoms with Crippen molar-refractivity contribution in [2.45, 2.75) is 25.4 Å². The Morgan fingerprint density at radius 1 is 1.38 bits per heavy atom. The molecule has 16 heavy (non-hydrogen) atoms. The van der Waals surface area contributed by atoms with E-state index in [4.69, 9.17) is 28.9 Å². The van der Waals surface area contributed by atoms with Crippen molar-refractivity contribution in [2.75, 3.05) is 13.1 Å². The van der Waals surface area contributed by atoms with Gasteiger partial charge in [-0.2, -0.15) is 0 Å². The number of hydrogen-bond donors (Lipinski definition) is 1. The second kappa shape index (κ2) is 5.37. The molecule has 1 aromatic carbocycles. The van der Waals surface area contributed by atoms with E-state index < -0.39 is 0 Å². The van der Waals surface area contributed by atoms with Crippen molar-refractivity contribution in [3.8, 4) is 0 Å². The maximum absolute atomic E-state index is 6.14. The summed E-state index contributed by atoms with van der Waals surface area (Å²) in [4.78, 5) is 2.35. The molecule has 1 atom stereocenters. The minimum Gasteiger partial charge on any atom is -0.327 e. The molecule has 1 saturated heterocycles. The zero-order valence-corrected chi connectivity index (χ0v) is 10.6. The van der Waals surface area contributed by atoms with Crippen molar-refractivity contribution in [3.05, 3.63) is 33.8 Å². The number of likely N-dealkylation sites (tertiary alicyclic amines) is 1. The van der Waals surface area contributed by atoms with Gasteiger partial charge in [-0.1, -0.05) is 29.3 Å². The molecular formula is C12H16Cl2N2. The van der Waals surface area contributed by atoms with Crippen LogP contribution in [0, 0.1) is 0 Å². The monoisotopic (exact) mass is 258 g/mol. The first-order valence-electron chi connectivity index (χ1n) is 5.57. The quantitative estimate of drug-likeness (QED) is 0.884. The van der Waals surface area contributed by atoms with Gasteiger partial charge in [0.05, 0.1) is 0 Å². The molecule has 2 nitrogen and oxygen atoms in total. The van der Waals surface area contributed by atoms with E-state index in [2.05, 4.69) is 4.90 Å². The van der Waals surface area contributed by atoms with Crippen LogP contribution in [0.15, 0.2) is 18.2 Å². The molecule has 0 spiro atoms. The maximum atomic E-state index is 6.14. The van der Waals surface area contributed by atoms with Crippen LogP contribution < -0.4 is 5.73 Å². The first kappa shape index (κ1) is 12.2. The van der Waals surface area contributed by atoms with Crippen LogP contribution in [0.2, 0.25) is 10.0 Å². The normalized spacial score (nSPS) is 22.3. The Bertz CT molecular complexity index is 368. The predicted molar refractivity (Wildman–Crippen MR) is 68.9 cm³/mol. The summed E-state index contributed by atoms with van der Waals surface area (Å²) in [6.45, 7) is 2.93. The fraction of sp³-hybridized carbons (Fsp3) is 0.500. The molecule has 0 radical (unpaired) electrons. The SMILES string of the molecule is N[C@H]1CCCN(Cc2ccc(Cl)cc2Cl)C1. The number of nitrogens with zero attached hydrogens (tertiary/aromatic N) is 1. The lowest BCUT2D eigenvalue weighted by Gasteiger charge is -2.30. The summed E-state index contributed by atoms with van der Waals surface area (Å²) >= 11 is 12.0. The van der Waals surface area contributed by atoms with E-state index in [9.17, 15) is 0 Å². The summed E-state index contributed by atoms with van der Waals surface area (Å²) in [6, 6.07) is 5.97. The van der Waals surface area contributed by atoms with Gasteiger partial charge in [0.25, 0.3) is 0 Å². The highest BCUT2D eigenvalue weighted by molar-refractivity contribution is 6.35. The summed E-state index contributed by atoms with van der Waals surface area (Å²) in [7, 11) is 0. The molecule has 0 amide bonds. The molecule has 1 aliphatic heterocycles. The number of hydrogen-bond acceptors (Lipinski definition) is 2. The molecular weight excluding hydrogens is 243 g/mol. The average Bonchev–Trinajstić information content (AvgIpc) is 2.22. The van der Waals surface area contributed by atoms with E-state index in [-0.39, 0.29) is 0 Å². The van der Waals surface area contributed by atoms with Crippen LogP contribution in [0.1, 0.15) is 18.4 Å². The topological polar surface area (TPSA) is 29.3 Å². The third kappa shape index (κ3) is 3.11. The Kier molecular flexibility index (Phi) is 4.09. The van der Waals surface area contributed by atoms with E-state index in [1.165, 1.54) is 6.42 Å². The summed E-state index contributed by atoms with van der Waals surface area (Å²) < 4.78 is 0. The van der Waals surface area contributed by atoms with E-state index in [0.717, 1.165) is 36.6 Å². The lowest BCUT2D eigenvalue weighted by atomic mass is 10.1. The summed E-state index contributed by atoms with van der Waals surface area (Å²) in [5.41, 5.74) is 7.07. The minimum atomic E-state index is 0.305. The lowest BCUT2D eigenvalue weighted by Crippen LogP contribution is -2.42. The average molecular weight is 259 g/mol. The van der Waals surface area contributed by atoms with Crippen molar-refractivity contribution in [1.29, 1.82) is 0 Å². The third-order valence-electron chi connectivity index (χ3n) is 2.95. The highest BCUT2D eigenvalue weighted by Crippen LogP contribution is 2.23. The minimum absolute atomic E-state index is 0.305. The molecule has 0 bridgehead atoms. The van der Waals surface area contributed by atoms with Crippen LogP contribution in [0.4, 0.5) is 0 Å². The molecule has 2 rings (SSSR count). The van der Waals surface area contributed by atoms with E-state index in [1.54, 1.807) is 6.07 Å². The van der Waals surface area contributed by atoms with Crippen molar-refractivity contribution in [2.24, 2.45) is 5.73 Å². The fourth-order valence-electron chi connectivity index (χ4n) is 2.13. The number of nitrogens with two attached hydrogens (primary N) is 1. The molecule has 0 aromatic heterocycles. The van der Waals surface area contributed by atoms with Crippen molar-refractivity contribution in [3.63, 3.8) is 0 Å². The number of halogens is 2. The van der Waals surface area contributed by atoms with Crippen LogP contribution in [-0.4, -0.2) is 24.0 Å². The summed E-state index contributed by atoms with van der Waals surface area (Å²) in [6.07, 6.45) is 2.30. The molecule has 1 heterocycles. The summed E-state index contributed by atoms with van der Waals surface area (Å²) in [5, 5.41) is 1.43. The van der Waals surface area contributed by atoms with Crippen molar-refractivity contribution < 1.29 is 0 Å². The van der Waals surface area contributed by atoms with Gasteiger partial charge >= 0.3 is 0 Å². The van der Waals surface area contributed by atoms with Gasteiger partial charge in [-0.05, 0) is 37.1 Å². The molecule has 1 fully saturated rings. The zero-order chi connectivity index (χ0) is 11.5. The predicted octanol–water partition coefficient (Wildman–Crippen LogP) is 2.92. The van der Waals surface area contributed by atoms with Crippen LogP contribution in [0.25, 0.3) is 0 Å². The third-order valence-corrected chi connectivity index (χ3v) is 3.54. The van der Waals surface area contributed by atoms with Gasteiger partial charge in [0.1, 0.15) is 0 Å². The molecule has 0 saturated carbocycles. The smallest absolute Gasteiger partial charge is 0.0465 e. The van der Waals surface area contributed by atoms with Gasteiger partial charge in [-0.3, -0.25) is 4.90 Å². The van der Waals surface area contributed by atoms with Gasteiger partial charge in [0.15, 0.2) is 0 Å². The zero-order valence-electron chi connectivity index (χ0n) is 9.13. The van der Waals surface area contributed by atoms with Gasteiger partial charge in [-0.15, -0.1) is 0 Å². The number of rotatable bonds is 2. The first-order valence-corrected chi connectivity index (χ1v) is 6.32. The van der Waals surface area contributed by atoms with Gasteiger partial charge in [0.2, 0.25) is 0 Å². The number of benzene rings is 1. The standard InChI is InChI=1S/C12H16Cl2N2/c13-10-4-3-9(12(14)6-10)7-16-5-1-2-11(15)8-16/h3-4,6,11H,1-2,5,7-8,15H2/t11-/m0/s1. The van der Waals surface area contributed by atoms with Gasteiger partial charge in [-0.25, -0.2) is 0 Å². The summed E-state index contributed by atoms with van der Waals surface area (Å²) in [5.74, 6) is 0. The first-order chi connectivity index (χ1) is 7.65. The molecule has 1 aliphatic rings. The Morgan fingerprint density at radius 3 is 2.88 bits per heavy atom. The molecule has 1 aromatic rings. The highest BCUT2D eigenvalue weighted by Gasteiger charge is 2.17. The Hall–Kier alpha value is -0.280. The van der Waals surface area contributed by atoms with E-state index >= 15 is 0 Å². The molecule has 0 unspecified atom stereocenters. The van der Waals surface area contributed by atoms with E-state index in [1.807, 2.05) is 12.1 Å². The second-order valence-electron chi connectivity index (χ2n) is 4.37.